The van der Waals surface area contributed by atoms with Crippen molar-refractivity contribution in [2.24, 2.45) is 5.73 Å². The smallest absolute Gasteiger partial charge is 0.326 e. The summed E-state index contributed by atoms with van der Waals surface area (Å²) in [5.41, 5.74) is 4.85. The third-order valence-electron chi connectivity index (χ3n) is 1.82. The Morgan fingerprint density at radius 3 is 2.33 bits per heavy atom. The number of amides is 3. The molecule has 7 nitrogen and oxygen atoms in total. The van der Waals surface area contributed by atoms with Crippen molar-refractivity contribution < 1.29 is 19.5 Å². The number of hydrogen-bond acceptors (Lipinski definition) is 3. The Bertz CT molecular complexity index is 267. The predicted octanol–water partition coefficient (Wildman–Crippen LogP) is -1.02. The summed E-state index contributed by atoms with van der Waals surface area (Å²) in [5.74, 6) is -2.06. The quantitative estimate of drug-likeness (QED) is 0.546. The van der Waals surface area contributed by atoms with Gasteiger partial charge in [0, 0.05) is 13.6 Å². The van der Waals surface area contributed by atoms with Crippen LogP contribution in [0.1, 0.15) is 13.3 Å². The van der Waals surface area contributed by atoms with Gasteiger partial charge in [0.25, 0.3) is 0 Å². The molecule has 3 amide bonds. The fourth-order valence-electron chi connectivity index (χ4n) is 0.804. The molecule has 0 aliphatic rings. The van der Waals surface area contributed by atoms with Gasteiger partial charge in [-0.3, -0.25) is 4.79 Å². The van der Waals surface area contributed by atoms with E-state index in [2.05, 4.69) is 5.32 Å². The highest BCUT2D eigenvalue weighted by molar-refractivity contribution is 5.87. The maximum Gasteiger partial charge on any atom is 0.326 e. The van der Waals surface area contributed by atoms with Crippen LogP contribution in [0.3, 0.4) is 0 Å². The van der Waals surface area contributed by atoms with Crippen LogP contribution in [0.5, 0.6) is 0 Å². The van der Waals surface area contributed by atoms with E-state index < -0.39 is 30.4 Å². The molecule has 0 radical (unpaired) electrons. The van der Waals surface area contributed by atoms with Crippen molar-refractivity contribution in [3.63, 3.8) is 0 Å². The van der Waals surface area contributed by atoms with Gasteiger partial charge in [0.05, 0.1) is 6.42 Å². The van der Waals surface area contributed by atoms with E-state index in [1.54, 1.807) is 6.92 Å². The van der Waals surface area contributed by atoms with E-state index in [1.165, 1.54) is 11.9 Å². The topological polar surface area (TPSA) is 113 Å². The number of carbonyl (C=O) groups is 3. The minimum atomic E-state index is -1.29. The Kier molecular flexibility index (Phi) is 5.14. The van der Waals surface area contributed by atoms with Crippen LogP contribution in [-0.4, -0.2) is 47.5 Å². The zero-order valence-corrected chi connectivity index (χ0v) is 8.69. The molecule has 0 heterocycles. The van der Waals surface area contributed by atoms with Crippen molar-refractivity contribution in [3.05, 3.63) is 0 Å². The highest BCUT2D eigenvalue weighted by Gasteiger charge is 2.22. The van der Waals surface area contributed by atoms with Gasteiger partial charge in [0.2, 0.25) is 5.91 Å². The third kappa shape index (κ3) is 4.84. The van der Waals surface area contributed by atoms with E-state index in [-0.39, 0.29) is 0 Å². The Morgan fingerprint density at radius 2 is 2.00 bits per heavy atom. The first-order chi connectivity index (χ1) is 6.88. The van der Waals surface area contributed by atoms with Crippen molar-refractivity contribution in [1.82, 2.24) is 10.2 Å². The second-order valence-corrected chi connectivity index (χ2v) is 3.02. The number of primary amides is 1. The van der Waals surface area contributed by atoms with Crippen LogP contribution in [0, 0.1) is 0 Å². The lowest BCUT2D eigenvalue weighted by Crippen LogP contribution is -2.48. The van der Waals surface area contributed by atoms with Crippen LogP contribution in [0.2, 0.25) is 0 Å². The summed E-state index contributed by atoms with van der Waals surface area (Å²) >= 11 is 0. The standard InChI is InChI=1S/C8H15N3O4/c1-3-11(2)8(15)10-5(7(13)14)4-6(9)12/h5H,3-4H2,1-2H3,(H2,9,12)(H,10,15)(H,13,14). The van der Waals surface area contributed by atoms with Gasteiger partial charge in [-0.2, -0.15) is 0 Å². The molecule has 86 valence electrons. The second kappa shape index (κ2) is 5.84. The van der Waals surface area contributed by atoms with Gasteiger partial charge in [-0.15, -0.1) is 0 Å². The van der Waals surface area contributed by atoms with Gasteiger partial charge in [0.1, 0.15) is 6.04 Å². The lowest BCUT2D eigenvalue weighted by Gasteiger charge is -2.19. The molecule has 4 N–H and O–H groups in total. The first-order valence-corrected chi connectivity index (χ1v) is 4.41. The SMILES string of the molecule is CCN(C)C(=O)NC(CC(N)=O)C(=O)O. The summed E-state index contributed by atoms with van der Waals surface area (Å²) < 4.78 is 0. The summed E-state index contributed by atoms with van der Waals surface area (Å²) in [6.07, 6.45) is -0.418. The van der Waals surface area contributed by atoms with Gasteiger partial charge in [0.15, 0.2) is 0 Å². The molecule has 0 rings (SSSR count). The Labute approximate surface area is 87.2 Å². The minimum Gasteiger partial charge on any atom is -0.480 e. The van der Waals surface area contributed by atoms with Gasteiger partial charge in [-0.1, -0.05) is 0 Å². The molecule has 0 aromatic carbocycles. The number of nitrogens with two attached hydrogens (primary N) is 1. The third-order valence-corrected chi connectivity index (χ3v) is 1.82. The second-order valence-electron chi connectivity index (χ2n) is 3.02. The predicted molar refractivity (Wildman–Crippen MR) is 52.1 cm³/mol. The largest absolute Gasteiger partial charge is 0.480 e. The van der Waals surface area contributed by atoms with E-state index in [1.807, 2.05) is 0 Å². The number of hydrogen-bond donors (Lipinski definition) is 3. The number of carbonyl (C=O) groups excluding carboxylic acids is 2. The molecule has 0 bridgehead atoms. The monoisotopic (exact) mass is 217 g/mol. The number of rotatable bonds is 5. The van der Waals surface area contributed by atoms with Gasteiger partial charge in [-0.05, 0) is 6.92 Å². The minimum absolute atomic E-state index is 0.418. The molecule has 0 saturated carbocycles. The van der Waals surface area contributed by atoms with Crippen LogP contribution >= 0.6 is 0 Å². The van der Waals surface area contributed by atoms with Gasteiger partial charge < -0.3 is 21.1 Å². The number of carboxylic acid groups (broad SMARTS) is 1. The van der Waals surface area contributed by atoms with Crippen molar-refractivity contribution in [1.29, 1.82) is 0 Å². The molecule has 7 heteroatoms. The summed E-state index contributed by atoms with van der Waals surface area (Å²) in [6, 6.07) is -1.82. The van der Waals surface area contributed by atoms with E-state index in [0.717, 1.165) is 0 Å². The van der Waals surface area contributed by atoms with Crippen molar-refractivity contribution in [3.8, 4) is 0 Å². The van der Waals surface area contributed by atoms with Gasteiger partial charge >= 0.3 is 12.0 Å². The number of carboxylic acids is 1. The normalized spacial score (nSPS) is 11.6. The number of nitrogens with one attached hydrogen (secondary N) is 1. The fourth-order valence-corrected chi connectivity index (χ4v) is 0.804. The van der Waals surface area contributed by atoms with Crippen LogP contribution in [0.15, 0.2) is 0 Å². The number of nitrogens with zero attached hydrogens (tertiary/aromatic N) is 1. The van der Waals surface area contributed by atoms with Crippen molar-refractivity contribution >= 4 is 17.9 Å². The molecule has 1 unspecified atom stereocenters. The molecular formula is C8H15N3O4. The van der Waals surface area contributed by atoms with Crippen LogP contribution in [0.25, 0.3) is 0 Å². The molecule has 0 aliphatic heterocycles. The zero-order chi connectivity index (χ0) is 12.0. The summed E-state index contributed by atoms with van der Waals surface area (Å²) in [7, 11) is 1.51. The van der Waals surface area contributed by atoms with E-state index in [4.69, 9.17) is 10.8 Å². The first kappa shape index (κ1) is 13.2. The average molecular weight is 217 g/mol. The van der Waals surface area contributed by atoms with Crippen molar-refractivity contribution in [2.45, 2.75) is 19.4 Å². The molecule has 0 spiro atoms. The molecule has 0 aromatic heterocycles. The summed E-state index contributed by atoms with van der Waals surface area (Å²) in [5, 5.41) is 10.9. The average Bonchev–Trinajstić information content (AvgIpc) is 2.14. The van der Waals surface area contributed by atoms with Crippen LogP contribution in [-0.2, 0) is 9.59 Å². The van der Waals surface area contributed by atoms with Gasteiger partial charge in [-0.25, -0.2) is 9.59 Å². The Morgan fingerprint density at radius 1 is 1.47 bits per heavy atom. The highest BCUT2D eigenvalue weighted by Crippen LogP contribution is 1.94. The number of aliphatic carboxylic acids is 1. The van der Waals surface area contributed by atoms with Crippen LogP contribution < -0.4 is 11.1 Å². The van der Waals surface area contributed by atoms with Crippen molar-refractivity contribution in [2.75, 3.05) is 13.6 Å². The van der Waals surface area contributed by atoms with Crippen LogP contribution in [0.4, 0.5) is 4.79 Å². The highest BCUT2D eigenvalue weighted by atomic mass is 16.4. The maximum absolute atomic E-state index is 11.3. The Balaban J connectivity index is 4.35. The molecule has 0 aromatic rings. The maximum atomic E-state index is 11.3. The number of urea groups is 1. The lowest BCUT2D eigenvalue weighted by molar-refractivity contribution is -0.140. The molecular weight excluding hydrogens is 202 g/mol. The first-order valence-electron chi connectivity index (χ1n) is 4.41. The molecule has 1 atom stereocenters. The summed E-state index contributed by atoms with van der Waals surface area (Å²) in [6.45, 7) is 2.18. The molecule has 15 heavy (non-hydrogen) atoms. The fraction of sp³-hybridized carbons (Fsp3) is 0.625. The lowest BCUT2D eigenvalue weighted by atomic mass is 10.2. The van der Waals surface area contributed by atoms with E-state index in [0.29, 0.717) is 6.54 Å². The zero-order valence-electron chi connectivity index (χ0n) is 8.69. The molecule has 0 aliphatic carbocycles. The van der Waals surface area contributed by atoms with E-state index >= 15 is 0 Å². The van der Waals surface area contributed by atoms with E-state index in [9.17, 15) is 14.4 Å². The molecule has 0 saturated heterocycles. The summed E-state index contributed by atoms with van der Waals surface area (Å²) in [4.78, 5) is 33.7. The Hall–Kier alpha value is -1.79. The molecule has 0 fully saturated rings.